The first-order valence-corrected chi connectivity index (χ1v) is 8.94. The lowest BCUT2D eigenvalue weighted by Crippen LogP contribution is -2.58. The Bertz CT molecular complexity index is 1090. The number of H-pyrrole nitrogens is 1. The normalized spacial score (nSPS) is 21.7. The van der Waals surface area contributed by atoms with Crippen molar-refractivity contribution < 1.29 is 18.0 Å². The Balaban J connectivity index is 1.94. The van der Waals surface area contributed by atoms with Crippen molar-refractivity contribution in [1.29, 1.82) is 0 Å². The van der Waals surface area contributed by atoms with Gasteiger partial charge in [0.25, 0.3) is 5.91 Å². The molecule has 2 aromatic carbocycles. The Morgan fingerprint density at radius 3 is 2.69 bits per heavy atom. The van der Waals surface area contributed by atoms with Gasteiger partial charge in [-0.05, 0) is 36.2 Å². The molecule has 26 heavy (non-hydrogen) atoms. The number of aromatic nitrogens is 1. The van der Waals surface area contributed by atoms with E-state index in [9.17, 15) is 18.0 Å². The van der Waals surface area contributed by atoms with Crippen LogP contribution in [0.25, 0.3) is 10.9 Å². The molecule has 1 unspecified atom stereocenters. The molecule has 3 aromatic rings. The molecule has 1 amide bonds. The number of benzene rings is 2. The molecule has 0 aliphatic carbocycles. The summed E-state index contributed by atoms with van der Waals surface area (Å²) in [5.41, 5.74) is -1.01. The van der Waals surface area contributed by atoms with Crippen LogP contribution in [0.5, 0.6) is 0 Å². The first-order chi connectivity index (χ1) is 12.4. The van der Waals surface area contributed by atoms with Crippen LogP contribution in [0, 0.1) is 0 Å². The third-order valence-corrected chi connectivity index (χ3v) is 5.92. The number of halogens is 4. The second-order valence-electron chi connectivity index (χ2n) is 6.63. The fourth-order valence-corrected chi connectivity index (χ4v) is 4.79. The smallest absolute Gasteiger partial charge is 0.356 e. The summed E-state index contributed by atoms with van der Waals surface area (Å²) in [6.07, 6.45) is -4.27. The van der Waals surface area contributed by atoms with E-state index < -0.39 is 17.6 Å². The lowest BCUT2D eigenvalue weighted by atomic mass is 9.80. The third-order valence-electron chi connectivity index (χ3n) is 5.42. The van der Waals surface area contributed by atoms with E-state index in [0.29, 0.717) is 17.5 Å². The highest BCUT2D eigenvalue weighted by Gasteiger charge is 2.69. The van der Waals surface area contributed by atoms with Gasteiger partial charge in [0.15, 0.2) is 0 Å². The predicted molar refractivity (Wildman–Crippen MR) is 94.0 cm³/mol. The van der Waals surface area contributed by atoms with Crippen molar-refractivity contribution in [3.05, 3.63) is 69.3 Å². The topological polar surface area (TPSA) is 36.1 Å². The summed E-state index contributed by atoms with van der Waals surface area (Å²) < 4.78 is 44.6. The van der Waals surface area contributed by atoms with E-state index in [0.717, 1.165) is 14.8 Å². The maximum absolute atomic E-state index is 14.6. The average Bonchev–Trinajstić information content (AvgIpc) is 3.09. The lowest BCUT2D eigenvalue weighted by Gasteiger charge is -2.43. The fourth-order valence-electron chi connectivity index (χ4n) is 4.43. The number of nitrogens with zero attached hydrogens (tertiary/aromatic N) is 1. The van der Waals surface area contributed by atoms with Crippen molar-refractivity contribution in [1.82, 2.24) is 9.88 Å². The van der Waals surface area contributed by atoms with Crippen molar-refractivity contribution in [2.45, 2.75) is 18.1 Å². The number of rotatable bonds is 0. The molecule has 2 aliphatic heterocycles. The molecule has 5 rings (SSSR count). The number of nitrogens with one attached hydrogen (secondary N) is 1. The minimum Gasteiger partial charge on any atom is -0.356 e. The van der Waals surface area contributed by atoms with Crippen LogP contribution in [0.2, 0.25) is 0 Å². The van der Waals surface area contributed by atoms with E-state index in [1.54, 1.807) is 24.3 Å². The number of amides is 1. The fraction of sp³-hybridized carbons (Fsp3) is 0.211. The van der Waals surface area contributed by atoms with Crippen LogP contribution < -0.4 is 0 Å². The van der Waals surface area contributed by atoms with Crippen molar-refractivity contribution in [3.63, 3.8) is 0 Å². The number of alkyl halides is 3. The maximum atomic E-state index is 14.6. The Hall–Kier alpha value is -2.28. The van der Waals surface area contributed by atoms with E-state index in [4.69, 9.17) is 0 Å². The highest BCUT2D eigenvalue weighted by Crippen LogP contribution is 2.57. The second-order valence-corrected chi connectivity index (χ2v) is 7.54. The molecule has 0 saturated carbocycles. The summed E-state index contributed by atoms with van der Waals surface area (Å²) in [6, 6.07) is 11.4. The Morgan fingerprint density at radius 2 is 1.92 bits per heavy atom. The zero-order valence-electron chi connectivity index (χ0n) is 13.3. The molecule has 0 radical (unpaired) electrons. The van der Waals surface area contributed by atoms with Gasteiger partial charge in [0.2, 0.25) is 5.54 Å². The number of aromatic amines is 1. The van der Waals surface area contributed by atoms with Gasteiger partial charge in [0.1, 0.15) is 0 Å². The van der Waals surface area contributed by atoms with E-state index in [2.05, 4.69) is 20.9 Å². The van der Waals surface area contributed by atoms with E-state index >= 15 is 0 Å². The first kappa shape index (κ1) is 15.9. The van der Waals surface area contributed by atoms with Gasteiger partial charge < -0.3 is 9.88 Å². The van der Waals surface area contributed by atoms with Gasteiger partial charge in [-0.1, -0.05) is 34.1 Å². The molecule has 0 spiro atoms. The second kappa shape index (κ2) is 4.91. The van der Waals surface area contributed by atoms with Crippen molar-refractivity contribution >= 4 is 32.7 Å². The summed E-state index contributed by atoms with van der Waals surface area (Å²) in [5, 5.41) is 0.759. The monoisotopic (exact) mass is 420 g/mol. The van der Waals surface area contributed by atoms with E-state index in [-0.39, 0.29) is 23.4 Å². The molecule has 1 N–H and O–H groups in total. The average molecular weight is 421 g/mol. The standard InChI is InChI=1S/C19H12BrF3N2O/c20-10-5-6-15-13(9-10)11-7-8-25-17(26)12-3-1-2-4-14(12)18(25,16(11)24-15)19(21,22)23/h1-6,9,24H,7-8H2. The third kappa shape index (κ3) is 1.72. The maximum Gasteiger partial charge on any atom is 0.421 e. The largest absolute Gasteiger partial charge is 0.421 e. The van der Waals surface area contributed by atoms with Gasteiger partial charge in [0, 0.05) is 33.0 Å². The molecule has 3 nitrogen and oxygen atoms in total. The summed E-state index contributed by atoms with van der Waals surface area (Å²) in [6.45, 7) is 0.0273. The minimum atomic E-state index is -4.65. The summed E-state index contributed by atoms with van der Waals surface area (Å²) >= 11 is 3.39. The van der Waals surface area contributed by atoms with Crippen molar-refractivity contribution in [3.8, 4) is 0 Å². The van der Waals surface area contributed by atoms with Crippen LogP contribution in [0.4, 0.5) is 13.2 Å². The summed E-state index contributed by atoms with van der Waals surface area (Å²) in [5.74, 6) is -0.566. The molecule has 7 heteroatoms. The SMILES string of the molecule is O=C1c2ccccc2C2(C(F)(F)F)c3[nH]c4ccc(Br)cc4c3CCN12. The number of carbonyl (C=O) groups is 1. The molecule has 1 atom stereocenters. The number of hydrogen-bond acceptors (Lipinski definition) is 1. The molecule has 0 bridgehead atoms. The van der Waals surface area contributed by atoms with Crippen LogP contribution in [0.3, 0.4) is 0 Å². The zero-order valence-corrected chi connectivity index (χ0v) is 14.9. The zero-order chi connectivity index (χ0) is 18.3. The molecule has 0 saturated heterocycles. The number of hydrogen-bond donors (Lipinski definition) is 1. The molecule has 132 valence electrons. The Kier molecular flexibility index (Phi) is 3.01. The molecular formula is C19H12BrF3N2O. The van der Waals surface area contributed by atoms with E-state index in [1.807, 2.05) is 6.07 Å². The van der Waals surface area contributed by atoms with E-state index in [1.165, 1.54) is 12.1 Å². The Labute approximate surface area is 154 Å². The van der Waals surface area contributed by atoms with Gasteiger partial charge in [-0.2, -0.15) is 13.2 Å². The Morgan fingerprint density at radius 1 is 1.15 bits per heavy atom. The predicted octanol–water partition coefficient (Wildman–Crippen LogP) is 4.75. The van der Waals surface area contributed by atoms with Gasteiger partial charge in [-0.15, -0.1) is 0 Å². The minimum absolute atomic E-state index is 0.00377. The van der Waals surface area contributed by atoms with Crippen LogP contribution in [-0.2, 0) is 12.0 Å². The number of carbonyl (C=O) groups excluding carboxylic acids is 1. The highest BCUT2D eigenvalue weighted by atomic mass is 79.9. The molecule has 1 aromatic heterocycles. The molecular weight excluding hydrogens is 409 g/mol. The number of fused-ring (bicyclic) bond motifs is 7. The summed E-state index contributed by atoms with van der Waals surface area (Å²) in [7, 11) is 0. The molecule has 0 fully saturated rings. The van der Waals surface area contributed by atoms with Crippen LogP contribution in [-0.4, -0.2) is 28.5 Å². The lowest BCUT2D eigenvalue weighted by molar-refractivity contribution is -0.213. The van der Waals surface area contributed by atoms with Crippen molar-refractivity contribution in [2.24, 2.45) is 0 Å². The molecule has 2 aliphatic rings. The van der Waals surface area contributed by atoms with Gasteiger partial charge >= 0.3 is 6.18 Å². The van der Waals surface area contributed by atoms with Crippen LogP contribution in [0.1, 0.15) is 27.2 Å². The van der Waals surface area contributed by atoms with Gasteiger partial charge in [0.05, 0.1) is 5.69 Å². The molecule has 3 heterocycles. The van der Waals surface area contributed by atoms with Crippen LogP contribution in [0.15, 0.2) is 46.9 Å². The van der Waals surface area contributed by atoms with Gasteiger partial charge in [-0.25, -0.2) is 0 Å². The van der Waals surface area contributed by atoms with Crippen molar-refractivity contribution in [2.75, 3.05) is 6.54 Å². The van der Waals surface area contributed by atoms with Crippen LogP contribution >= 0.6 is 15.9 Å². The van der Waals surface area contributed by atoms with Gasteiger partial charge in [-0.3, -0.25) is 4.79 Å². The quantitative estimate of drug-likeness (QED) is 0.559. The summed E-state index contributed by atoms with van der Waals surface area (Å²) in [4.78, 5) is 16.7. The first-order valence-electron chi connectivity index (χ1n) is 8.14. The highest BCUT2D eigenvalue weighted by molar-refractivity contribution is 9.10.